The summed E-state index contributed by atoms with van der Waals surface area (Å²) in [4.78, 5) is 14.7. The first-order valence-corrected chi connectivity index (χ1v) is 8.90. The Morgan fingerprint density at radius 2 is 2.08 bits per heavy atom. The Morgan fingerprint density at radius 1 is 1.25 bits per heavy atom. The number of likely N-dealkylation sites (tertiary alicyclic amines) is 1. The molecule has 3 atom stereocenters. The summed E-state index contributed by atoms with van der Waals surface area (Å²) in [5, 5.41) is 3.19. The van der Waals surface area contributed by atoms with Gasteiger partial charge in [-0.3, -0.25) is 0 Å². The number of hydrogen-bond acceptors (Lipinski definition) is 4. The van der Waals surface area contributed by atoms with Crippen LogP contribution in [-0.4, -0.2) is 43.8 Å². The van der Waals surface area contributed by atoms with E-state index >= 15 is 0 Å². The molecule has 0 spiro atoms. The first kappa shape index (κ1) is 17.3. The van der Waals surface area contributed by atoms with E-state index in [1.165, 1.54) is 6.42 Å². The molecule has 1 N–H and O–H groups in total. The zero-order valence-corrected chi connectivity index (χ0v) is 14.6. The lowest BCUT2D eigenvalue weighted by molar-refractivity contribution is 0.0426. The average Bonchev–Trinajstić information content (AvgIpc) is 3.24. The molecule has 0 radical (unpaired) electrons. The van der Waals surface area contributed by atoms with E-state index in [-0.39, 0.29) is 24.2 Å². The molecule has 0 bridgehead atoms. The number of furan rings is 1. The van der Waals surface area contributed by atoms with Crippen molar-refractivity contribution >= 4 is 6.03 Å². The van der Waals surface area contributed by atoms with E-state index in [1.807, 2.05) is 17.0 Å². The molecule has 2 aliphatic rings. The lowest BCUT2D eigenvalue weighted by atomic mass is 9.92. The van der Waals surface area contributed by atoms with Crippen LogP contribution in [0.4, 0.5) is 4.79 Å². The molecule has 24 heavy (non-hydrogen) atoms. The number of nitrogens with zero attached hydrogens (tertiary/aromatic N) is 1. The van der Waals surface area contributed by atoms with Crippen LogP contribution in [0.2, 0.25) is 0 Å². The quantitative estimate of drug-likeness (QED) is 0.896. The highest BCUT2D eigenvalue weighted by molar-refractivity contribution is 5.75. The normalized spacial score (nSPS) is 27.4. The lowest BCUT2D eigenvalue weighted by Gasteiger charge is -2.33. The van der Waals surface area contributed by atoms with Crippen molar-refractivity contribution in [3.05, 3.63) is 23.7 Å². The van der Waals surface area contributed by atoms with Crippen LogP contribution in [0.3, 0.4) is 0 Å². The summed E-state index contributed by atoms with van der Waals surface area (Å²) in [7, 11) is 3.38. The highest BCUT2D eigenvalue weighted by Crippen LogP contribution is 2.33. The molecule has 2 fully saturated rings. The Morgan fingerprint density at radius 3 is 2.88 bits per heavy atom. The molecule has 6 nitrogen and oxygen atoms in total. The first-order chi connectivity index (χ1) is 11.7. The predicted molar refractivity (Wildman–Crippen MR) is 89.7 cm³/mol. The molecule has 0 aromatic carbocycles. The number of amides is 2. The predicted octanol–water partition coefficient (Wildman–Crippen LogP) is 3.23. The molecular formula is C18H28N2O4. The fourth-order valence-electron chi connectivity index (χ4n) is 3.88. The van der Waals surface area contributed by atoms with Crippen LogP contribution in [0.15, 0.2) is 16.5 Å². The smallest absolute Gasteiger partial charge is 0.318 e. The van der Waals surface area contributed by atoms with Gasteiger partial charge >= 0.3 is 6.03 Å². The van der Waals surface area contributed by atoms with Gasteiger partial charge in [0.15, 0.2) is 0 Å². The van der Waals surface area contributed by atoms with Crippen LogP contribution in [0.1, 0.15) is 56.1 Å². The third-order valence-electron chi connectivity index (χ3n) is 5.13. The maximum Gasteiger partial charge on any atom is 0.318 e. The van der Waals surface area contributed by atoms with Crippen LogP contribution in [0.25, 0.3) is 0 Å². The molecule has 1 aliphatic carbocycles. The highest BCUT2D eigenvalue weighted by Gasteiger charge is 2.35. The van der Waals surface area contributed by atoms with E-state index in [0.717, 1.165) is 50.2 Å². The van der Waals surface area contributed by atoms with E-state index in [1.54, 1.807) is 14.2 Å². The van der Waals surface area contributed by atoms with Crippen molar-refractivity contribution in [2.45, 2.75) is 63.3 Å². The van der Waals surface area contributed by atoms with Crippen molar-refractivity contribution in [3.8, 4) is 0 Å². The van der Waals surface area contributed by atoms with Gasteiger partial charge in [0.25, 0.3) is 0 Å². The standard InChI is InChI=1S/C18H28N2O4/c1-22-12-13-9-10-17(24-13)15-7-5-11-20(15)18(21)19-14-6-3-4-8-16(14)23-2/h9-10,14-16H,3-8,11-12H2,1-2H3,(H,19,21)/t14-,15+,16+/m1/s1. The van der Waals surface area contributed by atoms with E-state index < -0.39 is 0 Å². The van der Waals surface area contributed by atoms with Crippen molar-refractivity contribution in [3.63, 3.8) is 0 Å². The minimum absolute atomic E-state index is 0.00357. The maximum absolute atomic E-state index is 12.8. The molecule has 1 aromatic rings. The minimum Gasteiger partial charge on any atom is -0.461 e. The topological polar surface area (TPSA) is 63.9 Å². The number of ether oxygens (including phenoxy) is 2. The summed E-state index contributed by atoms with van der Waals surface area (Å²) in [6.45, 7) is 1.22. The van der Waals surface area contributed by atoms with Gasteiger partial charge in [-0.2, -0.15) is 0 Å². The first-order valence-electron chi connectivity index (χ1n) is 8.90. The van der Waals surface area contributed by atoms with Crippen LogP contribution >= 0.6 is 0 Å². The van der Waals surface area contributed by atoms with Crippen LogP contribution in [0.5, 0.6) is 0 Å². The molecule has 3 rings (SSSR count). The van der Waals surface area contributed by atoms with Crippen LogP contribution in [-0.2, 0) is 16.1 Å². The molecule has 0 unspecified atom stereocenters. The third-order valence-corrected chi connectivity index (χ3v) is 5.13. The Kier molecular flexibility index (Phi) is 5.79. The Hall–Kier alpha value is -1.53. The summed E-state index contributed by atoms with van der Waals surface area (Å²) >= 11 is 0. The van der Waals surface area contributed by atoms with Crippen molar-refractivity contribution in [2.24, 2.45) is 0 Å². The summed E-state index contributed by atoms with van der Waals surface area (Å²) in [6.07, 6.45) is 6.38. The number of carbonyl (C=O) groups excluding carboxylic acids is 1. The number of hydrogen-bond donors (Lipinski definition) is 1. The van der Waals surface area contributed by atoms with Crippen molar-refractivity contribution in [1.82, 2.24) is 10.2 Å². The molecule has 1 aliphatic heterocycles. The van der Waals surface area contributed by atoms with Gasteiger partial charge in [-0.15, -0.1) is 0 Å². The van der Waals surface area contributed by atoms with Gasteiger partial charge in [0.1, 0.15) is 18.1 Å². The number of rotatable bonds is 5. The SMILES string of the molecule is COCc1ccc([C@@H]2CCCN2C(=O)N[C@@H]2CCCC[C@@H]2OC)o1. The van der Waals surface area contributed by atoms with Gasteiger partial charge in [0.2, 0.25) is 0 Å². The molecule has 2 heterocycles. The summed E-state index contributed by atoms with van der Waals surface area (Å²) in [5.74, 6) is 1.65. The van der Waals surface area contributed by atoms with Crippen molar-refractivity contribution in [2.75, 3.05) is 20.8 Å². The summed E-state index contributed by atoms with van der Waals surface area (Å²) < 4.78 is 16.5. The number of carbonyl (C=O) groups is 1. The van der Waals surface area contributed by atoms with Gasteiger partial charge in [0.05, 0.1) is 18.2 Å². The molecule has 134 valence electrons. The average molecular weight is 336 g/mol. The largest absolute Gasteiger partial charge is 0.461 e. The maximum atomic E-state index is 12.8. The van der Waals surface area contributed by atoms with Gasteiger partial charge < -0.3 is 24.1 Å². The van der Waals surface area contributed by atoms with Crippen molar-refractivity contribution in [1.29, 1.82) is 0 Å². The monoisotopic (exact) mass is 336 g/mol. The highest BCUT2D eigenvalue weighted by atomic mass is 16.5. The van der Waals surface area contributed by atoms with Crippen molar-refractivity contribution < 1.29 is 18.7 Å². The van der Waals surface area contributed by atoms with E-state index in [2.05, 4.69) is 5.32 Å². The second-order valence-corrected chi connectivity index (χ2v) is 6.70. The van der Waals surface area contributed by atoms with E-state index in [9.17, 15) is 4.79 Å². The third kappa shape index (κ3) is 3.75. The number of methoxy groups -OCH3 is 2. The molecular weight excluding hydrogens is 308 g/mol. The van der Waals surface area contributed by atoms with Gasteiger partial charge in [0, 0.05) is 20.8 Å². The fraction of sp³-hybridized carbons (Fsp3) is 0.722. The Bertz CT molecular complexity index is 545. The molecule has 2 amide bonds. The number of nitrogens with one attached hydrogen (secondary N) is 1. The lowest BCUT2D eigenvalue weighted by Crippen LogP contribution is -2.50. The van der Waals surface area contributed by atoms with Gasteiger partial charge in [-0.1, -0.05) is 12.8 Å². The number of urea groups is 1. The van der Waals surface area contributed by atoms with E-state index in [4.69, 9.17) is 13.9 Å². The van der Waals surface area contributed by atoms with Crippen LogP contribution < -0.4 is 5.32 Å². The second-order valence-electron chi connectivity index (χ2n) is 6.70. The minimum atomic E-state index is -0.00357. The molecule has 1 saturated carbocycles. The van der Waals surface area contributed by atoms with E-state index in [0.29, 0.717) is 6.61 Å². The Balaban J connectivity index is 1.64. The van der Waals surface area contributed by atoms with Crippen LogP contribution in [0, 0.1) is 0 Å². The molecule has 1 saturated heterocycles. The Labute approximate surface area is 143 Å². The summed E-state index contributed by atoms with van der Waals surface area (Å²) in [5.41, 5.74) is 0. The van der Waals surface area contributed by atoms with Gasteiger partial charge in [-0.05, 0) is 37.8 Å². The molecule has 6 heteroatoms. The summed E-state index contributed by atoms with van der Waals surface area (Å²) in [6, 6.07) is 4.01. The zero-order valence-electron chi connectivity index (χ0n) is 14.6. The van der Waals surface area contributed by atoms with Gasteiger partial charge in [-0.25, -0.2) is 4.79 Å². The molecule has 1 aromatic heterocycles. The second kappa shape index (κ2) is 8.03. The zero-order chi connectivity index (χ0) is 16.9. The fourth-order valence-corrected chi connectivity index (χ4v) is 3.88.